The van der Waals surface area contributed by atoms with E-state index in [1.54, 1.807) is 0 Å². The second kappa shape index (κ2) is 5.13. The average Bonchev–Trinajstić information content (AvgIpc) is 2.19. The highest BCUT2D eigenvalue weighted by Gasteiger charge is 2.37. The quantitative estimate of drug-likeness (QED) is 0.730. The number of hydrogen-bond acceptors (Lipinski definition) is 2. The minimum Gasteiger partial charge on any atom is -0.390 e. The molecule has 84 valence electrons. The summed E-state index contributed by atoms with van der Waals surface area (Å²) in [4.78, 5) is 0. The highest BCUT2D eigenvalue weighted by atomic mass is 16.3. The molecule has 0 aromatic carbocycles. The first kappa shape index (κ1) is 12.0. The summed E-state index contributed by atoms with van der Waals surface area (Å²) < 4.78 is 0. The first-order valence-corrected chi connectivity index (χ1v) is 6.05. The fraction of sp³-hybridized carbons (Fsp3) is 1.00. The summed E-state index contributed by atoms with van der Waals surface area (Å²) in [5.41, 5.74) is 5.30. The van der Waals surface area contributed by atoms with Crippen LogP contribution in [-0.4, -0.2) is 17.3 Å². The van der Waals surface area contributed by atoms with Gasteiger partial charge in [-0.3, -0.25) is 0 Å². The molecule has 0 spiro atoms. The van der Waals surface area contributed by atoms with Gasteiger partial charge < -0.3 is 10.8 Å². The molecule has 0 saturated heterocycles. The summed E-state index contributed by atoms with van der Waals surface area (Å²) in [6.45, 7) is 5.08. The van der Waals surface area contributed by atoms with E-state index >= 15 is 0 Å². The molecule has 1 fully saturated rings. The van der Waals surface area contributed by atoms with E-state index in [-0.39, 0.29) is 0 Å². The van der Waals surface area contributed by atoms with Gasteiger partial charge in [0.15, 0.2) is 0 Å². The van der Waals surface area contributed by atoms with Crippen LogP contribution in [0.1, 0.15) is 52.4 Å². The Bertz CT molecular complexity index is 162. The lowest BCUT2D eigenvalue weighted by Gasteiger charge is -2.40. The van der Waals surface area contributed by atoms with E-state index in [9.17, 15) is 5.11 Å². The molecule has 2 nitrogen and oxygen atoms in total. The Morgan fingerprint density at radius 3 is 2.43 bits per heavy atom. The van der Waals surface area contributed by atoms with Crippen molar-refractivity contribution < 1.29 is 5.11 Å². The zero-order chi connectivity index (χ0) is 10.6. The third kappa shape index (κ3) is 2.71. The van der Waals surface area contributed by atoms with Crippen molar-refractivity contribution in [3.05, 3.63) is 0 Å². The summed E-state index contributed by atoms with van der Waals surface area (Å²) in [5, 5.41) is 10.5. The largest absolute Gasteiger partial charge is 0.390 e. The van der Waals surface area contributed by atoms with Crippen molar-refractivity contribution in [3.63, 3.8) is 0 Å². The zero-order valence-electron chi connectivity index (χ0n) is 9.63. The summed E-state index contributed by atoms with van der Waals surface area (Å²) in [6, 6.07) is 0. The van der Waals surface area contributed by atoms with Crippen LogP contribution < -0.4 is 5.73 Å². The van der Waals surface area contributed by atoms with E-state index in [0.29, 0.717) is 12.5 Å². The number of rotatable bonds is 4. The van der Waals surface area contributed by atoms with Gasteiger partial charge in [0.2, 0.25) is 0 Å². The third-order valence-electron chi connectivity index (χ3n) is 3.82. The van der Waals surface area contributed by atoms with Crippen LogP contribution in [0.2, 0.25) is 0 Å². The van der Waals surface area contributed by atoms with Crippen LogP contribution in [0.25, 0.3) is 0 Å². The Balaban J connectivity index is 2.53. The van der Waals surface area contributed by atoms with Crippen molar-refractivity contribution in [2.45, 2.75) is 58.0 Å². The molecule has 0 radical (unpaired) electrons. The molecule has 1 atom stereocenters. The Morgan fingerprint density at radius 1 is 1.43 bits per heavy atom. The molecule has 0 aliphatic heterocycles. The van der Waals surface area contributed by atoms with Crippen LogP contribution in [0.15, 0.2) is 0 Å². The van der Waals surface area contributed by atoms with Crippen molar-refractivity contribution in [3.8, 4) is 0 Å². The first-order valence-electron chi connectivity index (χ1n) is 6.05. The SMILES string of the molecule is CCCC(CN)C1(O)CCC(C)CC1. The highest BCUT2D eigenvalue weighted by Crippen LogP contribution is 2.38. The molecule has 1 saturated carbocycles. The molecule has 1 aliphatic carbocycles. The monoisotopic (exact) mass is 199 g/mol. The fourth-order valence-corrected chi connectivity index (χ4v) is 2.62. The molecule has 1 unspecified atom stereocenters. The van der Waals surface area contributed by atoms with Crippen LogP contribution >= 0.6 is 0 Å². The molecule has 1 rings (SSSR count). The number of nitrogens with two attached hydrogens (primary N) is 1. The zero-order valence-corrected chi connectivity index (χ0v) is 9.63. The minimum atomic E-state index is -0.447. The molecule has 1 aliphatic rings. The van der Waals surface area contributed by atoms with Gasteiger partial charge in [-0.1, -0.05) is 20.3 Å². The van der Waals surface area contributed by atoms with Crippen LogP contribution in [0.4, 0.5) is 0 Å². The molecule has 0 heterocycles. The van der Waals surface area contributed by atoms with Gasteiger partial charge in [-0.25, -0.2) is 0 Å². The van der Waals surface area contributed by atoms with Gasteiger partial charge in [0.25, 0.3) is 0 Å². The van der Waals surface area contributed by atoms with Gasteiger partial charge in [-0.2, -0.15) is 0 Å². The van der Waals surface area contributed by atoms with Crippen molar-refractivity contribution >= 4 is 0 Å². The van der Waals surface area contributed by atoms with Gasteiger partial charge >= 0.3 is 0 Å². The summed E-state index contributed by atoms with van der Waals surface area (Å²) in [6.07, 6.45) is 6.43. The van der Waals surface area contributed by atoms with Gasteiger partial charge in [-0.05, 0) is 50.5 Å². The van der Waals surface area contributed by atoms with Crippen LogP contribution in [0.3, 0.4) is 0 Å². The lowest BCUT2D eigenvalue weighted by molar-refractivity contribution is -0.0576. The number of aliphatic hydroxyl groups is 1. The Hall–Kier alpha value is -0.0800. The summed E-state index contributed by atoms with van der Waals surface area (Å²) >= 11 is 0. The maximum Gasteiger partial charge on any atom is 0.0688 e. The molecule has 0 amide bonds. The van der Waals surface area contributed by atoms with Crippen molar-refractivity contribution in [2.24, 2.45) is 17.6 Å². The van der Waals surface area contributed by atoms with E-state index in [1.165, 1.54) is 0 Å². The Kier molecular flexibility index (Phi) is 4.39. The second-order valence-corrected chi connectivity index (χ2v) is 5.01. The highest BCUT2D eigenvalue weighted by molar-refractivity contribution is 4.90. The van der Waals surface area contributed by atoms with Crippen LogP contribution in [0, 0.1) is 11.8 Å². The fourth-order valence-electron chi connectivity index (χ4n) is 2.62. The Labute approximate surface area is 87.9 Å². The Morgan fingerprint density at radius 2 is 2.00 bits per heavy atom. The standard InChI is InChI=1S/C12H25NO/c1-3-4-11(9-13)12(14)7-5-10(2)6-8-12/h10-11,14H,3-9,13H2,1-2H3. The molecule has 0 aromatic heterocycles. The molecule has 0 aromatic rings. The second-order valence-electron chi connectivity index (χ2n) is 5.01. The molecular weight excluding hydrogens is 174 g/mol. The third-order valence-corrected chi connectivity index (χ3v) is 3.82. The molecule has 0 bridgehead atoms. The van der Waals surface area contributed by atoms with E-state index in [1.807, 2.05) is 0 Å². The maximum atomic E-state index is 10.5. The van der Waals surface area contributed by atoms with Gasteiger partial charge in [0.1, 0.15) is 0 Å². The number of hydrogen-bond donors (Lipinski definition) is 2. The lowest BCUT2D eigenvalue weighted by atomic mass is 9.71. The molecule has 3 N–H and O–H groups in total. The summed E-state index contributed by atoms with van der Waals surface area (Å²) in [7, 11) is 0. The van der Waals surface area contributed by atoms with Crippen LogP contribution in [-0.2, 0) is 0 Å². The molecular formula is C12H25NO. The smallest absolute Gasteiger partial charge is 0.0688 e. The van der Waals surface area contributed by atoms with Crippen LogP contribution in [0.5, 0.6) is 0 Å². The predicted octanol–water partition coefficient (Wildman–Crippen LogP) is 2.30. The normalized spacial score (nSPS) is 35.6. The van der Waals surface area contributed by atoms with E-state index in [0.717, 1.165) is 44.4 Å². The van der Waals surface area contributed by atoms with E-state index < -0.39 is 5.60 Å². The van der Waals surface area contributed by atoms with Crippen molar-refractivity contribution in [1.29, 1.82) is 0 Å². The van der Waals surface area contributed by atoms with Crippen molar-refractivity contribution in [1.82, 2.24) is 0 Å². The first-order chi connectivity index (χ1) is 6.62. The maximum absolute atomic E-state index is 10.5. The molecule has 2 heteroatoms. The molecule has 14 heavy (non-hydrogen) atoms. The van der Waals surface area contributed by atoms with E-state index in [2.05, 4.69) is 13.8 Å². The lowest BCUT2D eigenvalue weighted by Crippen LogP contribution is -2.44. The van der Waals surface area contributed by atoms with Gasteiger partial charge in [0.05, 0.1) is 5.60 Å². The topological polar surface area (TPSA) is 46.2 Å². The van der Waals surface area contributed by atoms with Crippen molar-refractivity contribution in [2.75, 3.05) is 6.54 Å². The van der Waals surface area contributed by atoms with E-state index in [4.69, 9.17) is 5.73 Å². The predicted molar refractivity (Wildman–Crippen MR) is 60.0 cm³/mol. The van der Waals surface area contributed by atoms with Gasteiger partial charge in [-0.15, -0.1) is 0 Å². The summed E-state index contributed by atoms with van der Waals surface area (Å²) in [5.74, 6) is 1.11. The van der Waals surface area contributed by atoms with Gasteiger partial charge in [0, 0.05) is 0 Å². The minimum absolute atomic E-state index is 0.319. The average molecular weight is 199 g/mol.